The van der Waals surface area contributed by atoms with Crippen LogP contribution in [0.3, 0.4) is 0 Å². The zero-order valence-corrected chi connectivity index (χ0v) is 11.4. The van der Waals surface area contributed by atoms with Crippen LogP contribution in [0, 0.1) is 0 Å². The number of carbonyl (C=O) groups excluding carboxylic acids is 1. The Hall–Kier alpha value is -0.610. The summed E-state index contributed by atoms with van der Waals surface area (Å²) in [5.41, 5.74) is 0. The van der Waals surface area contributed by atoms with Gasteiger partial charge in [0, 0.05) is 26.2 Å². The number of likely N-dealkylation sites (N-methyl/N-ethyl adjacent to an activating group) is 1. The van der Waals surface area contributed by atoms with Crippen LogP contribution in [0.2, 0.25) is 0 Å². The second kappa shape index (κ2) is 8.48. The van der Waals surface area contributed by atoms with Gasteiger partial charge in [0.15, 0.2) is 0 Å². The summed E-state index contributed by atoms with van der Waals surface area (Å²) in [7, 11) is 0. The van der Waals surface area contributed by atoms with E-state index < -0.39 is 0 Å². The zero-order chi connectivity index (χ0) is 12.5. The molecule has 1 fully saturated rings. The number of likely N-dealkylation sites (tertiary alicyclic amines) is 1. The highest BCUT2D eigenvalue weighted by atomic mass is 16.2. The molecule has 1 heterocycles. The fourth-order valence-corrected chi connectivity index (χ4v) is 2.23. The standard InChI is InChI=1S/C13H27N3O/c1-3-15(4-2)11-8-14-12-13(17)16-9-6-5-7-10-16/h14H,3-12H2,1-2H3. The van der Waals surface area contributed by atoms with Crippen LogP contribution in [0.5, 0.6) is 0 Å². The first-order valence-corrected chi connectivity index (χ1v) is 6.98. The Morgan fingerprint density at radius 3 is 2.41 bits per heavy atom. The van der Waals surface area contributed by atoms with Crippen molar-refractivity contribution in [3.8, 4) is 0 Å². The van der Waals surface area contributed by atoms with E-state index in [2.05, 4.69) is 24.1 Å². The van der Waals surface area contributed by atoms with Crippen LogP contribution in [0.1, 0.15) is 33.1 Å². The normalized spacial score (nSPS) is 16.5. The molecule has 0 aromatic heterocycles. The van der Waals surface area contributed by atoms with Crippen molar-refractivity contribution in [3.63, 3.8) is 0 Å². The maximum atomic E-state index is 11.8. The molecule has 1 N–H and O–H groups in total. The molecule has 0 radical (unpaired) electrons. The van der Waals surface area contributed by atoms with Crippen molar-refractivity contribution in [1.29, 1.82) is 0 Å². The molecule has 0 atom stereocenters. The van der Waals surface area contributed by atoms with Crippen molar-refractivity contribution in [2.45, 2.75) is 33.1 Å². The van der Waals surface area contributed by atoms with Gasteiger partial charge in [0.2, 0.25) is 5.91 Å². The smallest absolute Gasteiger partial charge is 0.236 e. The SMILES string of the molecule is CCN(CC)CCNCC(=O)N1CCCCC1. The molecule has 0 unspecified atom stereocenters. The lowest BCUT2D eigenvalue weighted by molar-refractivity contribution is -0.131. The molecule has 100 valence electrons. The number of hydrogen-bond acceptors (Lipinski definition) is 3. The molecule has 4 nitrogen and oxygen atoms in total. The maximum Gasteiger partial charge on any atom is 0.236 e. The first-order valence-electron chi connectivity index (χ1n) is 6.98. The van der Waals surface area contributed by atoms with Crippen LogP contribution < -0.4 is 5.32 Å². The van der Waals surface area contributed by atoms with Crippen LogP contribution >= 0.6 is 0 Å². The molecule has 0 aromatic carbocycles. The van der Waals surface area contributed by atoms with Gasteiger partial charge in [0.1, 0.15) is 0 Å². The summed E-state index contributed by atoms with van der Waals surface area (Å²) in [6.45, 7) is 10.8. The monoisotopic (exact) mass is 241 g/mol. The van der Waals surface area contributed by atoms with E-state index in [0.717, 1.165) is 39.3 Å². The minimum absolute atomic E-state index is 0.268. The summed E-state index contributed by atoms with van der Waals surface area (Å²) in [6.07, 6.45) is 3.62. The van der Waals surface area contributed by atoms with Gasteiger partial charge in [-0.2, -0.15) is 0 Å². The third kappa shape index (κ3) is 5.50. The Morgan fingerprint density at radius 1 is 1.18 bits per heavy atom. The van der Waals surface area contributed by atoms with E-state index in [1.54, 1.807) is 0 Å². The van der Waals surface area contributed by atoms with Gasteiger partial charge in [-0.25, -0.2) is 0 Å². The summed E-state index contributed by atoms with van der Waals surface area (Å²) >= 11 is 0. The number of nitrogens with one attached hydrogen (secondary N) is 1. The minimum Gasteiger partial charge on any atom is -0.342 e. The van der Waals surface area contributed by atoms with E-state index >= 15 is 0 Å². The van der Waals surface area contributed by atoms with E-state index in [0.29, 0.717) is 6.54 Å². The fourth-order valence-electron chi connectivity index (χ4n) is 2.23. The van der Waals surface area contributed by atoms with E-state index in [1.165, 1.54) is 19.3 Å². The summed E-state index contributed by atoms with van der Waals surface area (Å²) in [5, 5.41) is 3.25. The van der Waals surface area contributed by atoms with Gasteiger partial charge < -0.3 is 15.1 Å². The number of nitrogens with zero attached hydrogens (tertiary/aromatic N) is 2. The molecule has 17 heavy (non-hydrogen) atoms. The van der Waals surface area contributed by atoms with Gasteiger partial charge in [-0.3, -0.25) is 4.79 Å². The van der Waals surface area contributed by atoms with Crippen LogP contribution in [0.15, 0.2) is 0 Å². The van der Waals surface area contributed by atoms with Gasteiger partial charge >= 0.3 is 0 Å². The lowest BCUT2D eigenvalue weighted by Crippen LogP contribution is -2.42. The molecule has 1 aliphatic rings. The highest BCUT2D eigenvalue weighted by Crippen LogP contribution is 2.07. The van der Waals surface area contributed by atoms with Crippen LogP contribution in [0.4, 0.5) is 0 Å². The van der Waals surface area contributed by atoms with Gasteiger partial charge in [-0.1, -0.05) is 13.8 Å². The van der Waals surface area contributed by atoms with Crippen molar-refractivity contribution < 1.29 is 4.79 Å². The molecule has 0 bridgehead atoms. The minimum atomic E-state index is 0.268. The van der Waals surface area contributed by atoms with Crippen molar-refractivity contribution in [1.82, 2.24) is 15.1 Å². The van der Waals surface area contributed by atoms with Gasteiger partial charge in [-0.15, -0.1) is 0 Å². The van der Waals surface area contributed by atoms with E-state index in [4.69, 9.17) is 0 Å². The molecule has 0 aromatic rings. The molecule has 1 aliphatic heterocycles. The predicted octanol–water partition coefficient (Wildman–Crippen LogP) is 0.930. The maximum absolute atomic E-state index is 11.8. The Bertz CT molecular complexity index is 211. The lowest BCUT2D eigenvalue weighted by atomic mass is 10.1. The Labute approximate surface area is 105 Å². The average Bonchev–Trinajstić information content (AvgIpc) is 2.40. The van der Waals surface area contributed by atoms with Crippen molar-refractivity contribution in [2.24, 2.45) is 0 Å². The molecule has 0 aliphatic carbocycles. The Balaban J connectivity index is 2.07. The third-order valence-corrected chi connectivity index (χ3v) is 3.48. The number of amides is 1. The molecular formula is C13H27N3O. The zero-order valence-electron chi connectivity index (χ0n) is 11.4. The number of rotatable bonds is 7. The molecule has 1 amide bonds. The van der Waals surface area contributed by atoms with Crippen molar-refractivity contribution in [2.75, 3.05) is 45.8 Å². The van der Waals surface area contributed by atoms with Crippen molar-refractivity contribution in [3.05, 3.63) is 0 Å². The summed E-state index contributed by atoms with van der Waals surface area (Å²) < 4.78 is 0. The lowest BCUT2D eigenvalue weighted by Gasteiger charge is -2.27. The summed E-state index contributed by atoms with van der Waals surface area (Å²) in [6, 6.07) is 0. The second-order valence-corrected chi connectivity index (χ2v) is 4.65. The second-order valence-electron chi connectivity index (χ2n) is 4.65. The Morgan fingerprint density at radius 2 is 1.82 bits per heavy atom. The van der Waals surface area contributed by atoms with Gasteiger partial charge in [-0.05, 0) is 32.4 Å². The van der Waals surface area contributed by atoms with E-state index in [-0.39, 0.29) is 5.91 Å². The predicted molar refractivity (Wildman–Crippen MR) is 71.1 cm³/mol. The van der Waals surface area contributed by atoms with Crippen LogP contribution in [-0.4, -0.2) is 61.5 Å². The van der Waals surface area contributed by atoms with E-state index in [1.807, 2.05) is 4.90 Å². The molecule has 1 saturated heterocycles. The Kier molecular flexibility index (Phi) is 7.21. The average molecular weight is 241 g/mol. The largest absolute Gasteiger partial charge is 0.342 e. The first kappa shape index (κ1) is 14.5. The molecule has 4 heteroatoms. The topological polar surface area (TPSA) is 35.6 Å². The summed E-state index contributed by atoms with van der Waals surface area (Å²) in [5.74, 6) is 0.268. The first-order chi connectivity index (χ1) is 8.27. The highest BCUT2D eigenvalue weighted by molar-refractivity contribution is 5.78. The molecule has 0 saturated carbocycles. The van der Waals surface area contributed by atoms with Gasteiger partial charge in [0.05, 0.1) is 6.54 Å². The van der Waals surface area contributed by atoms with E-state index in [9.17, 15) is 4.79 Å². The highest BCUT2D eigenvalue weighted by Gasteiger charge is 2.15. The molecule has 0 spiro atoms. The number of piperidine rings is 1. The number of carbonyl (C=O) groups is 1. The van der Waals surface area contributed by atoms with Crippen LogP contribution in [0.25, 0.3) is 0 Å². The quantitative estimate of drug-likeness (QED) is 0.674. The van der Waals surface area contributed by atoms with Crippen LogP contribution in [-0.2, 0) is 4.79 Å². The molecular weight excluding hydrogens is 214 g/mol. The third-order valence-electron chi connectivity index (χ3n) is 3.48. The van der Waals surface area contributed by atoms with Gasteiger partial charge in [0.25, 0.3) is 0 Å². The number of hydrogen-bond donors (Lipinski definition) is 1. The molecule has 1 rings (SSSR count). The fraction of sp³-hybridized carbons (Fsp3) is 0.923. The van der Waals surface area contributed by atoms with Crippen molar-refractivity contribution >= 4 is 5.91 Å². The summed E-state index contributed by atoms with van der Waals surface area (Å²) in [4.78, 5) is 16.2.